The van der Waals surface area contributed by atoms with E-state index >= 15 is 0 Å². The summed E-state index contributed by atoms with van der Waals surface area (Å²) in [6, 6.07) is 17.6. The van der Waals surface area contributed by atoms with E-state index in [0.29, 0.717) is 11.2 Å². The predicted octanol–water partition coefficient (Wildman–Crippen LogP) is 5.08. The quantitative estimate of drug-likeness (QED) is 0.431. The molecule has 0 saturated carbocycles. The Kier molecular flexibility index (Phi) is 4.53. The summed E-state index contributed by atoms with van der Waals surface area (Å²) in [6.07, 6.45) is 1.67. The molecule has 0 unspecified atom stereocenters. The maximum absolute atomic E-state index is 13.1. The number of fused-ring (bicyclic) bond motifs is 1. The molecule has 26 heavy (non-hydrogen) atoms. The Morgan fingerprint density at radius 1 is 1.12 bits per heavy atom. The summed E-state index contributed by atoms with van der Waals surface area (Å²) in [5.41, 5.74) is 2.66. The largest absolute Gasteiger partial charge is 0.283 e. The van der Waals surface area contributed by atoms with Gasteiger partial charge in [-0.1, -0.05) is 58.4 Å². The van der Waals surface area contributed by atoms with E-state index in [2.05, 4.69) is 26.0 Å². The van der Waals surface area contributed by atoms with Gasteiger partial charge in [0.05, 0.1) is 11.6 Å². The number of halogens is 1. The molecule has 0 atom stereocenters. The number of hydrogen-bond acceptors (Lipinski definition) is 4. The van der Waals surface area contributed by atoms with Gasteiger partial charge in [0.25, 0.3) is 5.56 Å². The third kappa shape index (κ3) is 3.13. The minimum Gasteiger partial charge on any atom is -0.267 e. The van der Waals surface area contributed by atoms with Gasteiger partial charge in [0, 0.05) is 15.4 Å². The van der Waals surface area contributed by atoms with Crippen molar-refractivity contribution in [1.82, 2.24) is 9.66 Å². The molecule has 4 rings (SSSR count). The number of thiophene rings is 1. The predicted molar refractivity (Wildman–Crippen MR) is 111 cm³/mol. The Balaban J connectivity index is 1.85. The molecule has 0 bridgehead atoms. The van der Waals surface area contributed by atoms with Gasteiger partial charge in [-0.25, -0.2) is 4.98 Å². The van der Waals surface area contributed by atoms with Crippen molar-refractivity contribution in [1.29, 1.82) is 0 Å². The zero-order valence-corrected chi connectivity index (χ0v) is 16.3. The lowest BCUT2D eigenvalue weighted by Gasteiger charge is -2.05. The highest BCUT2D eigenvalue weighted by molar-refractivity contribution is 9.10. The first kappa shape index (κ1) is 16.9. The Bertz CT molecular complexity index is 1160. The third-order valence-corrected chi connectivity index (χ3v) is 5.43. The van der Waals surface area contributed by atoms with Gasteiger partial charge in [-0.2, -0.15) is 9.78 Å². The number of aryl methyl sites for hydroxylation is 1. The zero-order chi connectivity index (χ0) is 18.1. The van der Waals surface area contributed by atoms with Crippen molar-refractivity contribution in [3.63, 3.8) is 0 Å². The van der Waals surface area contributed by atoms with E-state index in [1.165, 1.54) is 16.0 Å². The summed E-state index contributed by atoms with van der Waals surface area (Å²) in [5.74, 6) is 0.567. The molecule has 4 aromatic rings. The molecule has 0 radical (unpaired) electrons. The van der Waals surface area contributed by atoms with E-state index in [1.807, 2.05) is 60.0 Å². The highest BCUT2D eigenvalue weighted by Crippen LogP contribution is 2.30. The van der Waals surface area contributed by atoms with Crippen molar-refractivity contribution < 1.29 is 0 Å². The lowest BCUT2D eigenvalue weighted by Crippen LogP contribution is -2.20. The van der Waals surface area contributed by atoms with Crippen molar-refractivity contribution in [2.24, 2.45) is 5.10 Å². The summed E-state index contributed by atoms with van der Waals surface area (Å²) in [6.45, 7) is 1.79. The summed E-state index contributed by atoms with van der Waals surface area (Å²) in [7, 11) is 0. The molecule has 2 aromatic heterocycles. The Hall–Kier alpha value is -2.57. The Labute approximate surface area is 162 Å². The van der Waals surface area contributed by atoms with Gasteiger partial charge < -0.3 is 0 Å². The molecule has 2 heterocycles. The van der Waals surface area contributed by atoms with E-state index in [-0.39, 0.29) is 5.56 Å². The normalized spacial score (nSPS) is 11.5. The molecule has 0 fully saturated rings. The lowest BCUT2D eigenvalue weighted by molar-refractivity contribution is 0.772. The van der Waals surface area contributed by atoms with Crippen LogP contribution in [0.5, 0.6) is 0 Å². The third-order valence-electron chi connectivity index (χ3n) is 4.02. The van der Waals surface area contributed by atoms with Gasteiger partial charge in [-0.15, -0.1) is 11.3 Å². The van der Waals surface area contributed by atoms with Crippen molar-refractivity contribution in [3.05, 3.63) is 86.2 Å². The van der Waals surface area contributed by atoms with E-state index in [9.17, 15) is 4.79 Å². The molecule has 0 N–H and O–H groups in total. The second-order valence-corrected chi connectivity index (χ2v) is 7.54. The molecule has 0 aliphatic carbocycles. The van der Waals surface area contributed by atoms with Gasteiger partial charge in [0.2, 0.25) is 0 Å². The van der Waals surface area contributed by atoms with E-state index in [0.717, 1.165) is 26.0 Å². The summed E-state index contributed by atoms with van der Waals surface area (Å²) in [5, 5.41) is 6.97. The average molecular weight is 424 g/mol. The van der Waals surface area contributed by atoms with Crippen LogP contribution in [0.15, 0.2) is 74.3 Å². The summed E-state index contributed by atoms with van der Waals surface area (Å²) < 4.78 is 2.36. The maximum atomic E-state index is 13.1. The number of nitrogens with zero attached hydrogens (tertiary/aromatic N) is 3. The summed E-state index contributed by atoms with van der Waals surface area (Å²) in [4.78, 5) is 18.4. The van der Waals surface area contributed by atoms with Crippen LogP contribution in [0.3, 0.4) is 0 Å². The van der Waals surface area contributed by atoms with Crippen LogP contribution >= 0.6 is 27.3 Å². The fraction of sp³-hybridized carbons (Fsp3) is 0.0500. The molecule has 4 nitrogen and oxygen atoms in total. The molecule has 0 spiro atoms. The summed E-state index contributed by atoms with van der Waals surface area (Å²) >= 11 is 4.89. The van der Waals surface area contributed by atoms with E-state index < -0.39 is 0 Å². The molecule has 0 aliphatic heterocycles. The number of hydrogen-bond donors (Lipinski definition) is 0. The number of rotatable bonds is 3. The van der Waals surface area contributed by atoms with Gasteiger partial charge >= 0.3 is 0 Å². The van der Waals surface area contributed by atoms with E-state index in [1.54, 1.807) is 13.1 Å². The van der Waals surface area contributed by atoms with Crippen molar-refractivity contribution in [3.8, 4) is 11.1 Å². The van der Waals surface area contributed by atoms with Crippen molar-refractivity contribution in [2.75, 3.05) is 0 Å². The van der Waals surface area contributed by atoms with Crippen LogP contribution < -0.4 is 5.56 Å². The first-order valence-corrected chi connectivity index (χ1v) is 9.67. The smallest absolute Gasteiger partial charge is 0.267 e. The highest BCUT2D eigenvalue weighted by atomic mass is 79.9. The molecular weight excluding hydrogens is 410 g/mol. The average Bonchev–Trinajstić information content (AvgIpc) is 3.07. The lowest BCUT2D eigenvalue weighted by atomic mass is 10.1. The molecule has 0 amide bonds. The first-order valence-electron chi connectivity index (χ1n) is 7.99. The standard InChI is InChI=1S/C20H14BrN3OS/c1-13-23-19-18(17(12-26-19)15-5-3-2-4-6-15)20(25)24(13)22-11-14-7-9-16(21)10-8-14/h2-12H,1H3/b22-11-. The SMILES string of the molecule is Cc1nc2scc(-c3ccccc3)c2c(=O)n1/N=C\c1ccc(Br)cc1. The van der Waals surface area contributed by atoms with Gasteiger partial charge in [0.1, 0.15) is 10.7 Å². The second-order valence-electron chi connectivity index (χ2n) is 5.77. The van der Waals surface area contributed by atoms with Crippen LogP contribution in [0.1, 0.15) is 11.4 Å². The van der Waals surface area contributed by atoms with Gasteiger partial charge in [0.15, 0.2) is 0 Å². The van der Waals surface area contributed by atoms with Crippen LogP contribution in [-0.2, 0) is 0 Å². The van der Waals surface area contributed by atoms with Gasteiger partial charge in [-0.3, -0.25) is 4.79 Å². The number of aromatic nitrogens is 2. The first-order chi connectivity index (χ1) is 12.6. The Morgan fingerprint density at radius 2 is 1.85 bits per heavy atom. The molecule has 6 heteroatoms. The van der Waals surface area contributed by atoms with Crippen LogP contribution in [-0.4, -0.2) is 15.9 Å². The molecular formula is C20H14BrN3OS. The molecule has 0 aliphatic rings. The topological polar surface area (TPSA) is 47.2 Å². The van der Waals surface area contributed by atoms with E-state index in [4.69, 9.17) is 0 Å². The minimum atomic E-state index is -0.152. The Morgan fingerprint density at radius 3 is 2.58 bits per heavy atom. The fourth-order valence-corrected chi connectivity index (χ4v) is 3.97. The number of benzene rings is 2. The molecule has 128 valence electrons. The van der Waals surface area contributed by atoms with Crippen molar-refractivity contribution >= 4 is 43.7 Å². The highest BCUT2D eigenvalue weighted by Gasteiger charge is 2.14. The monoisotopic (exact) mass is 423 g/mol. The van der Waals surface area contributed by atoms with Crippen molar-refractivity contribution in [2.45, 2.75) is 6.92 Å². The van der Waals surface area contributed by atoms with Crippen LogP contribution in [0.4, 0.5) is 0 Å². The maximum Gasteiger partial charge on any atom is 0.283 e. The minimum absolute atomic E-state index is 0.152. The van der Waals surface area contributed by atoms with Crippen LogP contribution in [0.2, 0.25) is 0 Å². The molecule has 0 saturated heterocycles. The molecule has 2 aromatic carbocycles. The van der Waals surface area contributed by atoms with Crippen LogP contribution in [0, 0.1) is 6.92 Å². The zero-order valence-electron chi connectivity index (χ0n) is 13.9. The van der Waals surface area contributed by atoms with Crippen LogP contribution in [0.25, 0.3) is 21.3 Å². The fourth-order valence-electron chi connectivity index (χ4n) is 2.72. The van der Waals surface area contributed by atoms with Gasteiger partial charge in [-0.05, 0) is 30.2 Å². The second kappa shape index (κ2) is 6.97.